The fourth-order valence-corrected chi connectivity index (χ4v) is 2.51. The molecule has 0 aliphatic rings. The average Bonchev–Trinajstić information content (AvgIpc) is 3.19. The number of H-pyrrole nitrogens is 1. The number of furan rings is 1. The van der Waals surface area contributed by atoms with E-state index in [0.717, 1.165) is 0 Å². The molecule has 3 rings (SSSR count). The number of hydrogen-bond acceptors (Lipinski definition) is 5. The Morgan fingerprint density at radius 1 is 1.55 bits per heavy atom. The third-order valence-corrected chi connectivity index (χ3v) is 3.60. The van der Waals surface area contributed by atoms with Crippen LogP contribution >= 0.6 is 11.3 Å². The number of carbonyl (C=O) groups is 1. The van der Waals surface area contributed by atoms with Crippen LogP contribution in [0.4, 0.5) is 0 Å². The van der Waals surface area contributed by atoms with Crippen LogP contribution in [0.15, 0.2) is 40.6 Å². The summed E-state index contributed by atoms with van der Waals surface area (Å²) in [6, 6.07) is 3.40. The number of nitrogens with one attached hydrogen (secondary N) is 2. The van der Waals surface area contributed by atoms with Gasteiger partial charge in [-0.3, -0.25) is 4.79 Å². The molecule has 0 spiro atoms. The van der Waals surface area contributed by atoms with Crippen molar-refractivity contribution in [2.45, 2.75) is 13.0 Å². The van der Waals surface area contributed by atoms with Crippen LogP contribution in [-0.4, -0.2) is 20.9 Å². The van der Waals surface area contributed by atoms with Crippen LogP contribution in [0.25, 0.3) is 10.8 Å². The van der Waals surface area contributed by atoms with Crippen molar-refractivity contribution in [3.05, 3.63) is 47.7 Å². The van der Waals surface area contributed by atoms with Crippen molar-refractivity contribution in [3.63, 3.8) is 0 Å². The first-order valence-electron chi connectivity index (χ1n) is 6.03. The molecular formula is C13H12N4O2S. The Morgan fingerprint density at radius 3 is 3.15 bits per heavy atom. The number of imidazole rings is 1. The Balaban J connectivity index is 1.72. The average molecular weight is 288 g/mol. The van der Waals surface area contributed by atoms with Gasteiger partial charge >= 0.3 is 0 Å². The maximum atomic E-state index is 12.1. The van der Waals surface area contributed by atoms with E-state index in [4.69, 9.17) is 4.42 Å². The van der Waals surface area contributed by atoms with Crippen molar-refractivity contribution in [2.75, 3.05) is 0 Å². The largest absolute Gasteiger partial charge is 0.462 e. The molecule has 1 unspecified atom stereocenters. The normalized spacial score (nSPS) is 12.2. The number of hydrogen-bond donors (Lipinski definition) is 2. The van der Waals surface area contributed by atoms with Crippen LogP contribution < -0.4 is 5.32 Å². The van der Waals surface area contributed by atoms with Crippen LogP contribution in [0.5, 0.6) is 0 Å². The lowest BCUT2D eigenvalue weighted by atomic mass is 10.3. The molecule has 7 heteroatoms. The third kappa shape index (κ3) is 2.48. The second-order valence-corrected chi connectivity index (χ2v) is 5.04. The molecule has 3 aromatic rings. The molecule has 1 atom stereocenters. The zero-order valence-corrected chi connectivity index (χ0v) is 11.5. The molecule has 0 bridgehead atoms. The summed E-state index contributed by atoms with van der Waals surface area (Å²) < 4.78 is 5.25. The molecule has 0 fully saturated rings. The summed E-state index contributed by atoms with van der Waals surface area (Å²) in [6.45, 7) is 1.86. The van der Waals surface area contributed by atoms with Gasteiger partial charge in [-0.15, -0.1) is 11.3 Å². The highest BCUT2D eigenvalue weighted by atomic mass is 32.1. The van der Waals surface area contributed by atoms with E-state index in [-0.39, 0.29) is 11.9 Å². The molecule has 3 aromatic heterocycles. The number of rotatable bonds is 4. The first kappa shape index (κ1) is 12.6. The number of thiazole rings is 1. The molecule has 3 heterocycles. The molecule has 0 aliphatic carbocycles. The molecular weight excluding hydrogens is 276 g/mol. The molecule has 0 aromatic carbocycles. The zero-order chi connectivity index (χ0) is 13.9. The van der Waals surface area contributed by atoms with Gasteiger partial charge in [0.15, 0.2) is 10.8 Å². The SMILES string of the molecule is CC(NC(=O)c1csc(-c2ccco2)n1)c1ncc[nH]1. The van der Waals surface area contributed by atoms with Crippen LogP contribution in [0.2, 0.25) is 0 Å². The van der Waals surface area contributed by atoms with E-state index >= 15 is 0 Å². The molecule has 1 amide bonds. The number of aromatic amines is 1. The minimum absolute atomic E-state index is 0.203. The Morgan fingerprint density at radius 2 is 2.45 bits per heavy atom. The molecule has 0 radical (unpaired) electrons. The van der Waals surface area contributed by atoms with Crippen molar-refractivity contribution in [1.82, 2.24) is 20.3 Å². The van der Waals surface area contributed by atoms with Gasteiger partial charge in [0.25, 0.3) is 5.91 Å². The van der Waals surface area contributed by atoms with E-state index in [1.54, 1.807) is 30.1 Å². The van der Waals surface area contributed by atoms with E-state index in [1.807, 2.05) is 13.0 Å². The van der Waals surface area contributed by atoms with Crippen molar-refractivity contribution >= 4 is 17.2 Å². The van der Waals surface area contributed by atoms with Gasteiger partial charge in [0.1, 0.15) is 11.5 Å². The van der Waals surface area contributed by atoms with Gasteiger partial charge in [0, 0.05) is 17.8 Å². The van der Waals surface area contributed by atoms with Crippen molar-refractivity contribution < 1.29 is 9.21 Å². The van der Waals surface area contributed by atoms with E-state index in [1.165, 1.54) is 11.3 Å². The Bertz CT molecular complexity index is 688. The summed E-state index contributed by atoms with van der Waals surface area (Å²) in [5.41, 5.74) is 0.375. The first-order valence-corrected chi connectivity index (χ1v) is 6.91. The minimum atomic E-state index is -0.233. The van der Waals surface area contributed by atoms with Crippen molar-refractivity contribution in [2.24, 2.45) is 0 Å². The Hall–Kier alpha value is -2.41. The minimum Gasteiger partial charge on any atom is -0.462 e. The first-order chi connectivity index (χ1) is 9.74. The Labute approximate surface area is 118 Å². The van der Waals surface area contributed by atoms with Gasteiger partial charge in [-0.05, 0) is 19.1 Å². The number of carbonyl (C=O) groups excluding carboxylic acids is 1. The topological polar surface area (TPSA) is 83.8 Å². The van der Waals surface area contributed by atoms with Crippen LogP contribution in [0.1, 0.15) is 29.3 Å². The summed E-state index contributed by atoms with van der Waals surface area (Å²) in [4.78, 5) is 23.4. The lowest BCUT2D eigenvalue weighted by Gasteiger charge is -2.09. The lowest BCUT2D eigenvalue weighted by molar-refractivity contribution is 0.0934. The van der Waals surface area contributed by atoms with E-state index in [2.05, 4.69) is 20.3 Å². The van der Waals surface area contributed by atoms with Gasteiger partial charge in [-0.25, -0.2) is 9.97 Å². The Kier molecular flexibility index (Phi) is 3.34. The number of amides is 1. The lowest BCUT2D eigenvalue weighted by Crippen LogP contribution is -2.27. The number of aromatic nitrogens is 3. The molecule has 0 saturated heterocycles. The van der Waals surface area contributed by atoms with Gasteiger partial charge in [-0.2, -0.15) is 0 Å². The summed E-state index contributed by atoms with van der Waals surface area (Å²) in [5, 5.41) is 5.23. The third-order valence-electron chi connectivity index (χ3n) is 2.75. The highest BCUT2D eigenvalue weighted by Gasteiger charge is 2.16. The smallest absolute Gasteiger partial charge is 0.271 e. The highest BCUT2D eigenvalue weighted by Crippen LogP contribution is 2.24. The van der Waals surface area contributed by atoms with Gasteiger partial charge in [0.2, 0.25) is 0 Å². The maximum absolute atomic E-state index is 12.1. The summed E-state index contributed by atoms with van der Waals surface area (Å²) in [7, 11) is 0. The second kappa shape index (κ2) is 5.30. The molecule has 6 nitrogen and oxygen atoms in total. The molecule has 0 aliphatic heterocycles. The monoisotopic (exact) mass is 288 g/mol. The molecule has 102 valence electrons. The summed E-state index contributed by atoms with van der Waals surface area (Å²) in [5.74, 6) is 1.14. The quantitative estimate of drug-likeness (QED) is 0.773. The predicted octanol–water partition coefficient (Wildman–Crippen LogP) is 2.62. The van der Waals surface area contributed by atoms with E-state index in [9.17, 15) is 4.79 Å². The van der Waals surface area contributed by atoms with Crippen molar-refractivity contribution in [1.29, 1.82) is 0 Å². The molecule has 0 saturated carbocycles. The second-order valence-electron chi connectivity index (χ2n) is 4.18. The van der Waals surface area contributed by atoms with E-state index < -0.39 is 0 Å². The predicted molar refractivity (Wildman–Crippen MR) is 74.3 cm³/mol. The fourth-order valence-electron chi connectivity index (χ4n) is 1.74. The van der Waals surface area contributed by atoms with E-state index in [0.29, 0.717) is 22.3 Å². The summed E-state index contributed by atoms with van der Waals surface area (Å²) in [6.07, 6.45) is 4.95. The summed E-state index contributed by atoms with van der Waals surface area (Å²) >= 11 is 1.37. The van der Waals surface area contributed by atoms with Crippen molar-refractivity contribution in [3.8, 4) is 10.8 Å². The van der Waals surface area contributed by atoms with Gasteiger partial charge in [0.05, 0.1) is 12.3 Å². The van der Waals surface area contributed by atoms with Gasteiger partial charge in [-0.1, -0.05) is 0 Å². The zero-order valence-electron chi connectivity index (χ0n) is 10.7. The standard InChI is InChI=1S/C13H12N4O2S/c1-8(11-14-4-5-15-11)16-12(18)9-7-20-13(17-9)10-3-2-6-19-10/h2-8H,1H3,(H,14,15)(H,16,18). The maximum Gasteiger partial charge on any atom is 0.271 e. The fraction of sp³-hybridized carbons (Fsp3) is 0.154. The van der Waals surface area contributed by atoms with Gasteiger partial charge < -0.3 is 14.7 Å². The van der Waals surface area contributed by atoms with Crippen LogP contribution in [-0.2, 0) is 0 Å². The van der Waals surface area contributed by atoms with Crippen LogP contribution in [0.3, 0.4) is 0 Å². The highest BCUT2D eigenvalue weighted by molar-refractivity contribution is 7.13. The van der Waals surface area contributed by atoms with Crippen LogP contribution in [0, 0.1) is 0 Å². The molecule has 20 heavy (non-hydrogen) atoms. The number of nitrogens with zero attached hydrogens (tertiary/aromatic N) is 2. The molecule has 2 N–H and O–H groups in total.